The third kappa shape index (κ3) is 5.12. The first kappa shape index (κ1) is 15.2. The summed E-state index contributed by atoms with van der Waals surface area (Å²) in [5.74, 6) is -0.433. The average molecular weight is 264 g/mol. The van der Waals surface area contributed by atoms with Crippen molar-refractivity contribution >= 4 is 11.9 Å². The van der Waals surface area contributed by atoms with Crippen LogP contribution < -0.4 is 4.74 Å². The van der Waals surface area contributed by atoms with E-state index in [9.17, 15) is 9.59 Å². The van der Waals surface area contributed by atoms with Gasteiger partial charge in [-0.15, -0.1) is 0 Å². The lowest BCUT2D eigenvalue weighted by Gasteiger charge is -2.13. The van der Waals surface area contributed by atoms with E-state index < -0.39 is 5.97 Å². The standard InChI is InChI=1S/C15H20O4/c1-10(2)12-8-7-11(3)9-13(12)19-15(18)6-4-5-14(16)17/h7-10H,4-6H2,1-3H3,(H,16,17). The Balaban J connectivity index is 2.67. The summed E-state index contributed by atoms with van der Waals surface area (Å²) in [6, 6.07) is 5.78. The maximum atomic E-state index is 11.7. The van der Waals surface area contributed by atoms with Crippen LogP contribution in [0, 0.1) is 6.92 Å². The number of carbonyl (C=O) groups is 2. The van der Waals surface area contributed by atoms with Gasteiger partial charge >= 0.3 is 11.9 Å². The van der Waals surface area contributed by atoms with E-state index in [1.807, 2.05) is 39.0 Å². The number of esters is 1. The molecule has 0 aromatic heterocycles. The number of carboxylic acids is 1. The first-order valence-corrected chi connectivity index (χ1v) is 6.43. The van der Waals surface area contributed by atoms with E-state index in [2.05, 4.69) is 0 Å². The average Bonchev–Trinajstić information content (AvgIpc) is 2.27. The minimum Gasteiger partial charge on any atom is -0.481 e. The summed E-state index contributed by atoms with van der Waals surface area (Å²) in [6.07, 6.45) is 0.411. The molecule has 0 saturated heterocycles. The van der Waals surface area contributed by atoms with E-state index in [1.54, 1.807) is 0 Å². The number of rotatable bonds is 6. The van der Waals surface area contributed by atoms with Gasteiger partial charge in [-0.1, -0.05) is 26.0 Å². The Morgan fingerprint density at radius 1 is 1.26 bits per heavy atom. The number of benzene rings is 1. The van der Waals surface area contributed by atoms with Crippen LogP contribution in [-0.2, 0) is 9.59 Å². The Morgan fingerprint density at radius 2 is 1.95 bits per heavy atom. The van der Waals surface area contributed by atoms with Crippen LogP contribution in [0.25, 0.3) is 0 Å². The van der Waals surface area contributed by atoms with Crippen molar-refractivity contribution in [2.24, 2.45) is 0 Å². The van der Waals surface area contributed by atoms with Gasteiger partial charge in [0.2, 0.25) is 0 Å². The molecule has 1 N–H and O–H groups in total. The fourth-order valence-electron chi connectivity index (χ4n) is 1.76. The molecule has 0 unspecified atom stereocenters. The summed E-state index contributed by atoms with van der Waals surface area (Å²) in [6.45, 7) is 6.00. The number of aryl methyl sites for hydroxylation is 1. The molecule has 0 bridgehead atoms. The maximum absolute atomic E-state index is 11.7. The van der Waals surface area contributed by atoms with Crippen molar-refractivity contribution < 1.29 is 19.4 Å². The van der Waals surface area contributed by atoms with Gasteiger partial charge < -0.3 is 9.84 Å². The highest BCUT2D eigenvalue weighted by Gasteiger charge is 2.12. The second-order valence-electron chi connectivity index (χ2n) is 4.92. The Hall–Kier alpha value is -1.84. The fourth-order valence-corrected chi connectivity index (χ4v) is 1.76. The molecule has 1 aromatic rings. The van der Waals surface area contributed by atoms with Crippen molar-refractivity contribution in [1.82, 2.24) is 0 Å². The zero-order valence-corrected chi connectivity index (χ0v) is 11.6. The molecule has 4 heteroatoms. The molecular weight excluding hydrogens is 244 g/mol. The van der Waals surface area contributed by atoms with E-state index in [1.165, 1.54) is 0 Å². The molecule has 1 aromatic carbocycles. The van der Waals surface area contributed by atoms with Crippen LogP contribution in [0.1, 0.15) is 50.2 Å². The SMILES string of the molecule is Cc1ccc(C(C)C)c(OC(=O)CCCC(=O)O)c1. The van der Waals surface area contributed by atoms with Gasteiger partial charge in [0.05, 0.1) is 0 Å². The molecule has 0 aliphatic carbocycles. The Morgan fingerprint density at radius 3 is 2.53 bits per heavy atom. The van der Waals surface area contributed by atoms with Crippen LogP contribution in [0.3, 0.4) is 0 Å². The topological polar surface area (TPSA) is 63.6 Å². The number of aliphatic carboxylic acids is 1. The van der Waals surface area contributed by atoms with Gasteiger partial charge in [-0.05, 0) is 36.5 Å². The molecule has 0 atom stereocenters. The van der Waals surface area contributed by atoms with Crippen molar-refractivity contribution in [3.63, 3.8) is 0 Å². The fraction of sp³-hybridized carbons (Fsp3) is 0.467. The van der Waals surface area contributed by atoms with Crippen LogP contribution in [0.2, 0.25) is 0 Å². The summed E-state index contributed by atoms with van der Waals surface area (Å²) in [5.41, 5.74) is 2.01. The normalized spacial score (nSPS) is 10.5. The van der Waals surface area contributed by atoms with Gasteiger partial charge in [-0.25, -0.2) is 0 Å². The van der Waals surface area contributed by atoms with E-state index >= 15 is 0 Å². The van der Waals surface area contributed by atoms with E-state index in [-0.39, 0.29) is 24.7 Å². The lowest BCUT2D eigenvalue weighted by atomic mass is 10.0. The Labute approximate surface area is 113 Å². The first-order chi connectivity index (χ1) is 8.90. The van der Waals surface area contributed by atoms with Crippen LogP contribution in [-0.4, -0.2) is 17.0 Å². The predicted octanol–water partition coefficient (Wildman–Crippen LogP) is 3.28. The largest absolute Gasteiger partial charge is 0.481 e. The number of ether oxygens (including phenoxy) is 1. The van der Waals surface area contributed by atoms with E-state index in [4.69, 9.17) is 9.84 Å². The predicted molar refractivity (Wildman–Crippen MR) is 72.4 cm³/mol. The molecule has 0 saturated carbocycles. The summed E-state index contributed by atoms with van der Waals surface area (Å²) < 4.78 is 5.34. The van der Waals surface area contributed by atoms with Crippen molar-refractivity contribution in [1.29, 1.82) is 0 Å². The molecule has 0 heterocycles. The van der Waals surface area contributed by atoms with Crippen LogP contribution in [0.5, 0.6) is 5.75 Å². The molecule has 0 spiro atoms. The highest BCUT2D eigenvalue weighted by molar-refractivity contribution is 5.74. The second-order valence-corrected chi connectivity index (χ2v) is 4.92. The number of carboxylic acid groups (broad SMARTS) is 1. The summed E-state index contributed by atoms with van der Waals surface area (Å²) in [5, 5.41) is 8.52. The van der Waals surface area contributed by atoms with Crippen molar-refractivity contribution in [3.05, 3.63) is 29.3 Å². The minimum absolute atomic E-state index is 0.0139. The maximum Gasteiger partial charge on any atom is 0.311 e. The van der Waals surface area contributed by atoms with Crippen LogP contribution in [0.15, 0.2) is 18.2 Å². The molecular formula is C15H20O4. The highest BCUT2D eigenvalue weighted by atomic mass is 16.5. The van der Waals surface area contributed by atoms with Crippen LogP contribution in [0.4, 0.5) is 0 Å². The zero-order valence-electron chi connectivity index (χ0n) is 11.6. The number of carbonyl (C=O) groups excluding carboxylic acids is 1. The van der Waals surface area contributed by atoms with Crippen molar-refractivity contribution in [3.8, 4) is 5.75 Å². The summed E-state index contributed by atoms with van der Waals surface area (Å²) >= 11 is 0. The lowest BCUT2D eigenvalue weighted by Crippen LogP contribution is -2.10. The minimum atomic E-state index is -0.897. The molecule has 1 rings (SSSR count). The highest BCUT2D eigenvalue weighted by Crippen LogP contribution is 2.27. The molecule has 19 heavy (non-hydrogen) atoms. The summed E-state index contributed by atoms with van der Waals surface area (Å²) in [4.78, 5) is 22.0. The van der Waals surface area contributed by atoms with Gasteiger partial charge in [-0.2, -0.15) is 0 Å². The number of hydrogen-bond donors (Lipinski definition) is 1. The molecule has 0 aliphatic heterocycles. The van der Waals surface area contributed by atoms with E-state index in [0.717, 1.165) is 11.1 Å². The monoisotopic (exact) mass is 264 g/mol. The van der Waals surface area contributed by atoms with Crippen LogP contribution >= 0.6 is 0 Å². The van der Waals surface area contributed by atoms with Gasteiger partial charge in [0.1, 0.15) is 5.75 Å². The molecule has 0 fully saturated rings. The molecule has 0 amide bonds. The molecule has 0 radical (unpaired) electrons. The Bertz CT molecular complexity index is 463. The van der Waals surface area contributed by atoms with Crippen molar-refractivity contribution in [2.75, 3.05) is 0 Å². The second kappa shape index (κ2) is 6.92. The smallest absolute Gasteiger partial charge is 0.311 e. The first-order valence-electron chi connectivity index (χ1n) is 6.43. The third-order valence-corrected chi connectivity index (χ3v) is 2.79. The quantitative estimate of drug-likeness (QED) is 0.632. The summed E-state index contributed by atoms with van der Waals surface area (Å²) in [7, 11) is 0. The van der Waals surface area contributed by atoms with Crippen molar-refractivity contribution in [2.45, 2.75) is 46.0 Å². The van der Waals surface area contributed by atoms with E-state index in [0.29, 0.717) is 12.2 Å². The van der Waals surface area contributed by atoms with Gasteiger partial charge in [0.25, 0.3) is 0 Å². The Kier molecular flexibility index (Phi) is 5.55. The van der Waals surface area contributed by atoms with Gasteiger partial charge in [0, 0.05) is 12.8 Å². The number of hydrogen-bond acceptors (Lipinski definition) is 3. The zero-order chi connectivity index (χ0) is 14.4. The van der Waals surface area contributed by atoms with Gasteiger partial charge in [0.15, 0.2) is 0 Å². The molecule has 4 nitrogen and oxygen atoms in total. The van der Waals surface area contributed by atoms with Gasteiger partial charge in [-0.3, -0.25) is 9.59 Å². The molecule has 104 valence electrons. The lowest BCUT2D eigenvalue weighted by molar-refractivity contribution is -0.137. The third-order valence-electron chi connectivity index (χ3n) is 2.79. The molecule has 0 aliphatic rings.